The zero-order valence-electron chi connectivity index (χ0n) is 9.81. The molecule has 0 atom stereocenters. The number of carbonyl (C=O) groups is 1. The zero-order valence-corrected chi connectivity index (χ0v) is 9.81. The number of anilines is 1. The highest BCUT2D eigenvalue weighted by atomic mass is 16.1. The lowest BCUT2D eigenvalue weighted by atomic mass is 10.1. The number of nitrogens with zero attached hydrogens (tertiary/aromatic N) is 1. The normalized spacial score (nSPS) is 14.4. The van der Waals surface area contributed by atoms with E-state index in [2.05, 4.69) is 15.5 Å². The number of nitrogens with one attached hydrogen (secondary N) is 2. The number of hydrogen-bond donors (Lipinski definition) is 3. The maximum absolute atomic E-state index is 11.8. The molecule has 0 radical (unpaired) electrons. The molecule has 1 heterocycles. The second-order valence-electron chi connectivity index (χ2n) is 4.52. The fourth-order valence-electron chi connectivity index (χ4n) is 1.82. The van der Waals surface area contributed by atoms with E-state index >= 15 is 0 Å². The number of H-pyrrole nitrogens is 1. The van der Waals surface area contributed by atoms with Gasteiger partial charge in [0.05, 0.1) is 6.20 Å². The summed E-state index contributed by atoms with van der Waals surface area (Å²) in [7, 11) is 0. The summed E-state index contributed by atoms with van der Waals surface area (Å²) in [6.45, 7) is 0. The molecular formula is C13H14N4O. The first kappa shape index (κ1) is 10.8. The van der Waals surface area contributed by atoms with Gasteiger partial charge < -0.3 is 11.1 Å². The Balaban J connectivity index is 1.80. The highest BCUT2D eigenvalue weighted by Crippen LogP contribution is 2.24. The van der Waals surface area contributed by atoms with Gasteiger partial charge in [-0.15, -0.1) is 0 Å². The predicted molar refractivity (Wildman–Crippen MR) is 68.9 cm³/mol. The molecule has 92 valence electrons. The molecule has 0 spiro atoms. The topological polar surface area (TPSA) is 83.8 Å². The molecule has 4 N–H and O–H groups in total. The van der Waals surface area contributed by atoms with Crippen molar-refractivity contribution >= 4 is 11.7 Å². The van der Waals surface area contributed by atoms with Crippen LogP contribution in [0, 0.1) is 0 Å². The number of aromatic nitrogens is 2. The van der Waals surface area contributed by atoms with Crippen molar-refractivity contribution in [3.8, 4) is 11.1 Å². The Kier molecular flexibility index (Phi) is 2.51. The summed E-state index contributed by atoms with van der Waals surface area (Å²) in [4.78, 5) is 11.8. The van der Waals surface area contributed by atoms with E-state index in [9.17, 15) is 4.79 Å². The van der Waals surface area contributed by atoms with Crippen molar-refractivity contribution < 1.29 is 4.79 Å². The molecule has 5 heteroatoms. The van der Waals surface area contributed by atoms with Gasteiger partial charge in [-0.1, -0.05) is 12.1 Å². The Morgan fingerprint density at radius 3 is 2.61 bits per heavy atom. The Morgan fingerprint density at radius 2 is 2.06 bits per heavy atom. The Bertz CT molecular complexity index is 569. The van der Waals surface area contributed by atoms with E-state index in [1.165, 1.54) is 0 Å². The van der Waals surface area contributed by atoms with Gasteiger partial charge in [-0.2, -0.15) is 5.10 Å². The van der Waals surface area contributed by atoms with Crippen LogP contribution in [-0.2, 0) is 0 Å². The molecule has 0 unspecified atom stereocenters. The molecule has 1 saturated carbocycles. The van der Waals surface area contributed by atoms with Crippen LogP contribution in [0.4, 0.5) is 5.82 Å². The molecule has 2 aromatic rings. The lowest BCUT2D eigenvalue weighted by Gasteiger charge is -2.04. The smallest absolute Gasteiger partial charge is 0.251 e. The maximum atomic E-state index is 11.8. The summed E-state index contributed by atoms with van der Waals surface area (Å²) in [5.74, 6) is 0.523. The monoisotopic (exact) mass is 242 g/mol. The van der Waals surface area contributed by atoms with Crippen LogP contribution in [0.2, 0.25) is 0 Å². The highest BCUT2D eigenvalue weighted by Gasteiger charge is 2.23. The number of nitrogen functional groups attached to an aromatic ring is 1. The average molecular weight is 242 g/mol. The summed E-state index contributed by atoms with van der Waals surface area (Å²) in [6, 6.07) is 7.74. The van der Waals surface area contributed by atoms with Crippen molar-refractivity contribution in [2.75, 3.05) is 5.73 Å². The third-order valence-corrected chi connectivity index (χ3v) is 3.04. The summed E-state index contributed by atoms with van der Waals surface area (Å²) in [5, 5.41) is 9.51. The molecule has 1 fully saturated rings. The van der Waals surface area contributed by atoms with Crippen LogP contribution in [0.25, 0.3) is 11.1 Å². The van der Waals surface area contributed by atoms with Crippen molar-refractivity contribution in [3.63, 3.8) is 0 Å². The average Bonchev–Trinajstić information content (AvgIpc) is 3.09. The van der Waals surface area contributed by atoms with Crippen molar-refractivity contribution in [1.29, 1.82) is 0 Å². The Hall–Kier alpha value is -2.30. The number of aromatic amines is 1. The van der Waals surface area contributed by atoms with Gasteiger partial charge in [0.2, 0.25) is 0 Å². The zero-order chi connectivity index (χ0) is 12.5. The maximum Gasteiger partial charge on any atom is 0.251 e. The second kappa shape index (κ2) is 4.18. The van der Waals surface area contributed by atoms with Gasteiger partial charge in [-0.3, -0.25) is 9.89 Å². The summed E-state index contributed by atoms with van der Waals surface area (Å²) < 4.78 is 0. The molecule has 1 aromatic heterocycles. The first-order chi connectivity index (χ1) is 8.74. The molecule has 1 amide bonds. The molecule has 0 saturated heterocycles. The van der Waals surface area contributed by atoms with Crippen LogP contribution in [-0.4, -0.2) is 22.1 Å². The molecular weight excluding hydrogens is 228 g/mol. The summed E-state index contributed by atoms with van der Waals surface area (Å²) >= 11 is 0. The van der Waals surface area contributed by atoms with E-state index in [0.717, 1.165) is 24.0 Å². The molecule has 18 heavy (non-hydrogen) atoms. The Labute approximate surface area is 104 Å². The third-order valence-electron chi connectivity index (χ3n) is 3.04. The lowest BCUT2D eigenvalue weighted by molar-refractivity contribution is 0.0951. The van der Waals surface area contributed by atoms with E-state index in [1.54, 1.807) is 18.3 Å². The summed E-state index contributed by atoms with van der Waals surface area (Å²) in [6.07, 6.45) is 3.86. The number of carbonyl (C=O) groups excluding carboxylic acids is 1. The van der Waals surface area contributed by atoms with E-state index < -0.39 is 0 Å². The third kappa shape index (κ3) is 2.07. The first-order valence-electron chi connectivity index (χ1n) is 5.94. The highest BCUT2D eigenvalue weighted by molar-refractivity contribution is 5.95. The fourth-order valence-corrected chi connectivity index (χ4v) is 1.82. The Morgan fingerprint density at radius 1 is 1.33 bits per heavy atom. The van der Waals surface area contributed by atoms with Crippen molar-refractivity contribution in [3.05, 3.63) is 36.0 Å². The van der Waals surface area contributed by atoms with Crippen molar-refractivity contribution in [1.82, 2.24) is 15.5 Å². The van der Waals surface area contributed by atoms with E-state index in [1.807, 2.05) is 12.1 Å². The van der Waals surface area contributed by atoms with Gasteiger partial charge in [-0.25, -0.2) is 0 Å². The molecule has 0 bridgehead atoms. The minimum absolute atomic E-state index is 0.00999. The fraction of sp³-hybridized carbons (Fsp3) is 0.231. The first-order valence-corrected chi connectivity index (χ1v) is 5.94. The molecule has 5 nitrogen and oxygen atoms in total. The lowest BCUT2D eigenvalue weighted by Crippen LogP contribution is -2.25. The van der Waals surface area contributed by atoms with Crippen LogP contribution in [0.15, 0.2) is 30.5 Å². The number of rotatable bonds is 3. The molecule has 1 aliphatic rings. The number of hydrogen-bond acceptors (Lipinski definition) is 3. The van der Waals surface area contributed by atoms with E-state index in [0.29, 0.717) is 17.4 Å². The van der Waals surface area contributed by atoms with Crippen LogP contribution in [0.5, 0.6) is 0 Å². The molecule has 3 rings (SSSR count). The van der Waals surface area contributed by atoms with Crippen molar-refractivity contribution in [2.45, 2.75) is 18.9 Å². The number of nitrogens with two attached hydrogens (primary N) is 1. The van der Waals surface area contributed by atoms with E-state index in [-0.39, 0.29) is 5.91 Å². The SMILES string of the molecule is Nc1[nH]ncc1-c1ccc(C(=O)NC2CC2)cc1. The van der Waals surface area contributed by atoms with Crippen LogP contribution in [0.1, 0.15) is 23.2 Å². The molecule has 0 aliphatic heterocycles. The minimum Gasteiger partial charge on any atom is -0.384 e. The van der Waals surface area contributed by atoms with Gasteiger partial charge in [-0.05, 0) is 30.5 Å². The van der Waals surface area contributed by atoms with Gasteiger partial charge in [0.1, 0.15) is 5.82 Å². The molecule has 1 aliphatic carbocycles. The molecule has 1 aromatic carbocycles. The van der Waals surface area contributed by atoms with Gasteiger partial charge >= 0.3 is 0 Å². The van der Waals surface area contributed by atoms with Crippen LogP contribution < -0.4 is 11.1 Å². The summed E-state index contributed by atoms with van der Waals surface area (Å²) in [5.41, 5.74) is 8.22. The standard InChI is InChI=1S/C13H14N4O/c14-12-11(7-15-17-12)8-1-3-9(4-2-8)13(18)16-10-5-6-10/h1-4,7,10H,5-6H2,(H,16,18)(H3,14,15,17). The predicted octanol–water partition coefficient (Wildman–Crippen LogP) is 1.55. The van der Waals surface area contributed by atoms with Crippen LogP contribution >= 0.6 is 0 Å². The quantitative estimate of drug-likeness (QED) is 0.763. The van der Waals surface area contributed by atoms with E-state index in [4.69, 9.17) is 5.73 Å². The van der Waals surface area contributed by atoms with Gasteiger partial charge in [0.15, 0.2) is 0 Å². The van der Waals surface area contributed by atoms with Gasteiger partial charge in [0, 0.05) is 17.2 Å². The number of amides is 1. The van der Waals surface area contributed by atoms with Crippen molar-refractivity contribution in [2.24, 2.45) is 0 Å². The second-order valence-corrected chi connectivity index (χ2v) is 4.52. The largest absolute Gasteiger partial charge is 0.384 e. The van der Waals surface area contributed by atoms with Crippen LogP contribution in [0.3, 0.4) is 0 Å². The minimum atomic E-state index is -0.00999. The van der Waals surface area contributed by atoms with Gasteiger partial charge in [0.25, 0.3) is 5.91 Å². The number of benzene rings is 1.